The van der Waals surface area contributed by atoms with Gasteiger partial charge in [0, 0.05) is 13.5 Å². The molecule has 0 aliphatic carbocycles. The Morgan fingerprint density at radius 3 is 2.46 bits per heavy atom. The van der Waals surface area contributed by atoms with E-state index in [1.807, 2.05) is 25.1 Å². The van der Waals surface area contributed by atoms with Gasteiger partial charge in [0.1, 0.15) is 11.9 Å². The molecule has 0 spiro atoms. The Labute approximate surface area is 151 Å². The van der Waals surface area contributed by atoms with Gasteiger partial charge in [-0.25, -0.2) is 4.98 Å². The van der Waals surface area contributed by atoms with E-state index in [-0.39, 0.29) is 17.5 Å². The van der Waals surface area contributed by atoms with Gasteiger partial charge in [0.2, 0.25) is 5.91 Å². The van der Waals surface area contributed by atoms with Crippen LogP contribution < -0.4 is 5.56 Å². The molecule has 0 saturated heterocycles. The van der Waals surface area contributed by atoms with Crippen LogP contribution in [0.1, 0.15) is 36.0 Å². The van der Waals surface area contributed by atoms with Crippen LogP contribution in [0.4, 0.5) is 0 Å². The quantitative estimate of drug-likeness (QED) is 0.716. The van der Waals surface area contributed by atoms with Crippen LogP contribution in [-0.4, -0.2) is 27.4 Å². The smallest absolute Gasteiger partial charge is 0.262 e. The van der Waals surface area contributed by atoms with E-state index >= 15 is 0 Å². The SMILES string of the molecule is Cc1ccc(C[C@@H]2c3nc4ccccc4c(=O)n3[C@@H](C)C(=O)N2C)cc1. The van der Waals surface area contributed by atoms with Crippen LogP contribution in [0.15, 0.2) is 53.3 Å². The first kappa shape index (κ1) is 16.5. The Morgan fingerprint density at radius 2 is 1.73 bits per heavy atom. The average Bonchev–Trinajstić information content (AvgIpc) is 2.65. The lowest BCUT2D eigenvalue weighted by Gasteiger charge is -2.37. The maximum Gasteiger partial charge on any atom is 0.262 e. The summed E-state index contributed by atoms with van der Waals surface area (Å²) in [5.74, 6) is 0.595. The molecule has 0 fully saturated rings. The fraction of sp³-hybridized carbons (Fsp3) is 0.286. The number of rotatable bonds is 2. The molecule has 26 heavy (non-hydrogen) atoms. The van der Waals surface area contributed by atoms with E-state index in [1.165, 1.54) is 5.56 Å². The molecule has 3 aromatic rings. The molecule has 1 aromatic heterocycles. The molecule has 132 valence electrons. The van der Waals surface area contributed by atoms with Gasteiger partial charge < -0.3 is 4.90 Å². The number of para-hydroxylation sites is 1. The number of aromatic nitrogens is 2. The first-order chi connectivity index (χ1) is 12.5. The number of carbonyl (C=O) groups excluding carboxylic acids is 1. The summed E-state index contributed by atoms with van der Waals surface area (Å²) in [5.41, 5.74) is 2.83. The summed E-state index contributed by atoms with van der Waals surface area (Å²) in [6, 6.07) is 14.8. The van der Waals surface area contributed by atoms with E-state index in [0.29, 0.717) is 23.1 Å². The van der Waals surface area contributed by atoms with E-state index in [1.54, 1.807) is 29.5 Å². The standard InChI is InChI=1S/C21H21N3O2/c1-13-8-10-15(11-9-13)12-18-19-22-17-7-5-4-6-16(17)21(26)24(19)14(2)20(25)23(18)3/h4-11,14,18H,12H2,1-3H3/t14-,18+/m0/s1. The molecular formula is C21H21N3O2. The van der Waals surface area contributed by atoms with Gasteiger partial charge in [-0.3, -0.25) is 14.2 Å². The van der Waals surface area contributed by atoms with Crippen LogP contribution >= 0.6 is 0 Å². The number of fused-ring (bicyclic) bond motifs is 2. The van der Waals surface area contributed by atoms with Gasteiger partial charge in [-0.1, -0.05) is 42.0 Å². The molecule has 0 bridgehead atoms. The van der Waals surface area contributed by atoms with E-state index in [2.05, 4.69) is 24.3 Å². The van der Waals surface area contributed by atoms with Crippen molar-refractivity contribution in [2.45, 2.75) is 32.4 Å². The van der Waals surface area contributed by atoms with E-state index in [0.717, 1.165) is 5.56 Å². The van der Waals surface area contributed by atoms with Crippen LogP contribution in [0.3, 0.4) is 0 Å². The molecule has 0 saturated carbocycles. The van der Waals surface area contributed by atoms with Gasteiger partial charge in [-0.05, 0) is 31.5 Å². The normalized spacial score (nSPS) is 19.7. The summed E-state index contributed by atoms with van der Waals surface area (Å²) < 4.78 is 1.57. The molecule has 2 aromatic carbocycles. The summed E-state index contributed by atoms with van der Waals surface area (Å²) in [6.45, 7) is 3.81. The van der Waals surface area contributed by atoms with Gasteiger partial charge in [0.05, 0.1) is 16.9 Å². The van der Waals surface area contributed by atoms with Crippen molar-refractivity contribution in [3.63, 3.8) is 0 Å². The summed E-state index contributed by atoms with van der Waals surface area (Å²) in [4.78, 5) is 32.3. The maximum absolute atomic E-state index is 13.0. The van der Waals surface area contributed by atoms with Crippen LogP contribution in [0.5, 0.6) is 0 Å². The molecule has 2 atom stereocenters. The Balaban J connectivity index is 1.90. The molecule has 2 heterocycles. The lowest BCUT2D eigenvalue weighted by molar-refractivity contribution is -0.137. The van der Waals surface area contributed by atoms with Crippen molar-refractivity contribution in [3.8, 4) is 0 Å². The molecule has 0 radical (unpaired) electrons. The number of hydrogen-bond acceptors (Lipinski definition) is 3. The fourth-order valence-electron chi connectivity index (χ4n) is 3.68. The van der Waals surface area contributed by atoms with E-state index < -0.39 is 6.04 Å². The zero-order chi connectivity index (χ0) is 18.4. The maximum atomic E-state index is 13.0. The average molecular weight is 347 g/mol. The molecule has 0 unspecified atom stereocenters. The summed E-state index contributed by atoms with van der Waals surface area (Å²) in [7, 11) is 1.79. The lowest BCUT2D eigenvalue weighted by atomic mass is 9.99. The van der Waals surface area contributed by atoms with Crippen LogP contribution in [0.2, 0.25) is 0 Å². The molecule has 4 rings (SSSR count). The molecule has 1 aliphatic rings. The zero-order valence-electron chi connectivity index (χ0n) is 15.1. The number of amides is 1. The van der Waals surface area contributed by atoms with E-state index in [9.17, 15) is 9.59 Å². The Bertz CT molecular complexity index is 1050. The molecule has 5 heteroatoms. The Kier molecular flexibility index (Phi) is 3.87. The van der Waals surface area contributed by atoms with Crippen molar-refractivity contribution in [1.82, 2.24) is 14.5 Å². The Hall–Kier alpha value is -2.95. The second kappa shape index (κ2) is 6.09. The van der Waals surface area contributed by atoms with Crippen molar-refractivity contribution in [1.29, 1.82) is 0 Å². The number of carbonyl (C=O) groups is 1. The molecule has 0 N–H and O–H groups in total. The van der Waals surface area contributed by atoms with Crippen molar-refractivity contribution in [3.05, 3.63) is 75.8 Å². The monoisotopic (exact) mass is 347 g/mol. The predicted octanol–water partition coefficient (Wildman–Crippen LogP) is 3.02. The number of hydrogen-bond donors (Lipinski definition) is 0. The predicted molar refractivity (Wildman–Crippen MR) is 101 cm³/mol. The number of likely N-dealkylation sites (N-methyl/N-ethyl adjacent to an activating group) is 1. The van der Waals surface area contributed by atoms with Gasteiger partial charge in [0.15, 0.2) is 0 Å². The van der Waals surface area contributed by atoms with Crippen molar-refractivity contribution in [2.24, 2.45) is 0 Å². The summed E-state index contributed by atoms with van der Waals surface area (Å²) in [5, 5.41) is 0.550. The molecule has 1 aliphatic heterocycles. The van der Waals surface area contributed by atoms with Crippen molar-refractivity contribution in [2.75, 3.05) is 7.05 Å². The topological polar surface area (TPSA) is 55.2 Å². The van der Waals surface area contributed by atoms with Crippen molar-refractivity contribution >= 4 is 16.8 Å². The van der Waals surface area contributed by atoms with Gasteiger partial charge in [-0.2, -0.15) is 0 Å². The Morgan fingerprint density at radius 1 is 1.04 bits per heavy atom. The third kappa shape index (κ3) is 2.51. The fourth-order valence-corrected chi connectivity index (χ4v) is 3.68. The minimum Gasteiger partial charge on any atom is -0.333 e. The molecule has 1 amide bonds. The number of benzene rings is 2. The van der Waals surface area contributed by atoms with Gasteiger partial charge in [-0.15, -0.1) is 0 Å². The zero-order valence-corrected chi connectivity index (χ0v) is 15.1. The third-order valence-corrected chi connectivity index (χ3v) is 5.24. The third-order valence-electron chi connectivity index (χ3n) is 5.24. The van der Waals surface area contributed by atoms with Crippen LogP contribution in [-0.2, 0) is 11.2 Å². The number of nitrogens with zero attached hydrogens (tertiary/aromatic N) is 3. The molecular weight excluding hydrogens is 326 g/mol. The molecule has 5 nitrogen and oxygen atoms in total. The summed E-state index contributed by atoms with van der Waals surface area (Å²) in [6.07, 6.45) is 0.625. The first-order valence-corrected chi connectivity index (χ1v) is 8.81. The highest BCUT2D eigenvalue weighted by Crippen LogP contribution is 2.31. The largest absolute Gasteiger partial charge is 0.333 e. The highest BCUT2D eigenvalue weighted by molar-refractivity contribution is 5.83. The van der Waals surface area contributed by atoms with Crippen molar-refractivity contribution < 1.29 is 4.79 Å². The second-order valence-corrected chi connectivity index (χ2v) is 6.99. The first-order valence-electron chi connectivity index (χ1n) is 8.81. The lowest BCUT2D eigenvalue weighted by Crippen LogP contribution is -2.48. The second-order valence-electron chi connectivity index (χ2n) is 6.99. The van der Waals surface area contributed by atoms with Gasteiger partial charge in [0.25, 0.3) is 5.56 Å². The van der Waals surface area contributed by atoms with Gasteiger partial charge >= 0.3 is 0 Å². The highest BCUT2D eigenvalue weighted by atomic mass is 16.2. The van der Waals surface area contributed by atoms with E-state index in [4.69, 9.17) is 4.98 Å². The van der Waals surface area contributed by atoms with Crippen LogP contribution in [0, 0.1) is 6.92 Å². The summed E-state index contributed by atoms with van der Waals surface area (Å²) >= 11 is 0. The van der Waals surface area contributed by atoms with Crippen LogP contribution in [0.25, 0.3) is 10.9 Å². The highest BCUT2D eigenvalue weighted by Gasteiger charge is 2.37. The minimum absolute atomic E-state index is 0.0613. The number of aryl methyl sites for hydroxylation is 1. The minimum atomic E-state index is -0.547.